The maximum absolute atomic E-state index is 13.4. The SMILES string of the molecule is C[C@H](CS(=O)(=O)c1cn(C)c(C(=O)Nc2ccc(F)c(C#N)c2)c1Cl)C(F)(F)F. The molecule has 6 nitrogen and oxygen atoms in total. The molecular formula is C17H14ClF4N3O3S. The van der Waals surface area contributed by atoms with Crippen LogP contribution in [0.15, 0.2) is 29.3 Å². The van der Waals surface area contributed by atoms with E-state index >= 15 is 0 Å². The summed E-state index contributed by atoms with van der Waals surface area (Å²) in [5.41, 5.74) is -0.613. The van der Waals surface area contributed by atoms with Crippen molar-refractivity contribution in [2.45, 2.75) is 18.0 Å². The van der Waals surface area contributed by atoms with E-state index in [-0.39, 0.29) is 16.9 Å². The summed E-state index contributed by atoms with van der Waals surface area (Å²) in [6, 6.07) is 4.79. The molecule has 0 saturated heterocycles. The first kappa shape index (κ1) is 22.7. The van der Waals surface area contributed by atoms with Crippen molar-refractivity contribution in [1.82, 2.24) is 4.57 Å². The molecule has 1 amide bonds. The number of aryl methyl sites for hydroxylation is 1. The Labute approximate surface area is 168 Å². The van der Waals surface area contributed by atoms with Gasteiger partial charge in [0.2, 0.25) is 0 Å². The van der Waals surface area contributed by atoms with Crippen LogP contribution in [-0.4, -0.2) is 30.8 Å². The summed E-state index contributed by atoms with van der Waals surface area (Å²) in [5, 5.41) is 10.6. The molecule has 156 valence electrons. The number of aromatic nitrogens is 1. The lowest BCUT2D eigenvalue weighted by molar-refractivity contribution is -0.163. The Kier molecular flexibility index (Phi) is 6.30. The molecule has 12 heteroatoms. The van der Waals surface area contributed by atoms with Crippen molar-refractivity contribution >= 4 is 33.0 Å². The number of halogens is 5. The Morgan fingerprint density at radius 1 is 1.38 bits per heavy atom. The third kappa shape index (κ3) is 4.89. The van der Waals surface area contributed by atoms with Gasteiger partial charge in [0.05, 0.1) is 22.3 Å². The zero-order valence-electron chi connectivity index (χ0n) is 15.0. The Morgan fingerprint density at radius 3 is 2.55 bits per heavy atom. The molecule has 0 saturated carbocycles. The average Bonchev–Trinajstić information content (AvgIpc) is 2.90. The first-order valence-corrected chi connectivity index (χ1v) is 9.96. The lowest BCUT2D eigenvalue weighted by Gasteiger charge is -2.15. The number of benzene rings is 1. The number of carbonyl (C=O) groups is 1. The second-order valence-electron chi connectivity index (χ2n) is 6.25. The summed E-state index contributed by atoms with van der Waals surface area (Å²) in [6.45, 7) is 0.726. The third-order valence-corrected chi connectivity index (χ3v) is 6.42. The molecule has 2 rings (SSSR count). The molecule has 2 aromatic rings. The zero-order valence-corrected chi connectivity index (χ0v) is 16.6. The normalized spacial score (nSPS) is 13.0. The second-order valence-corrected chi connectivity index (χ2v) is 8.63. The van der Waals surface area contributed by atoms with Gasteiger partial charge >= 0.3 is 6.18 Å². The van der Waals surface area contributed by atoms with E-state index in [2.05, 4.69) is 5.32 Å². The smallest absolute Gasteiger partial charge is 0.344 e. The van der Waals surface area contributed by atoms with Crippen LogP contribution < -0.4 is 5.32 Å². The van der Waals surface area contributed by atoms with E-state index < -0.39 is 49.3 Å². The summed E-state index contributed by atoms with van der Waals surface area (Å²) in [4.78, 5) is 11.9. The maximum atomic E-state index is 13.4. The molecule has 1 N–H and O–H groups in total. The van der Waals surface area contributed by atoms with Crippen LogP contribution in [0, 0.1) is 23.1 Å². The molecule has 0 aliphatic carbocycles. The van der Waals surface area contributed by atoms with E-state index in [0.717, 1.165) is 29.8 Å². The van der Waals surface area contributed by atoms with Gasteiger partial charge in [-0.05, 0) is 18.2 Å². The van der Waals surface area contributed by atoms with Crippen LogP contribution in [0.4, 0.5) is 23.2 Å². The Morgan fingerprint density at radius 2 is 2.00 bits per heavy atom. The van der Waals surface area contributed by atoms with Gasteiger partial charge in [-0.3, -0.25) is 4.79 Å². The van der Waals surface area contributed by atoms with Gasteiger partial charge < -0.3 is 9.88 Å². The highest BCUT2D eigenvalue weighted by molar-refractivity contribution is 7.91. The van der Waals surface area contributed by atoms with Crippen LogP contribution in [0.5, 0.6) is 0 Å². The van der Waals surface area contributed by atoms with Gasteiger partial charge in [-0.2, -0.15) is 18.4 Å². The van der Waals surface area contributed by atoms with Crippen LogP contribution in [-0.2, 0) is 16.9 Å². The number of carbonyl (C=O) groups excluding carboxylic acids is 1. The van der Waals surface area contributed by atoms with Crippen molar-refractivity contribution in [3.8, 4) is 6.07 Å². The molecule has 0 radical (unpaired) electrons. The fourth-order valence-electron chi connectivity index (χ4n) is 2.44. The highest BCUT2D eigenvalue weighted by Crippen LogP contribution is 2.33. The number of rotatable bonds is 5. The van der Waals surface area contributed by atoms with Crippen molar-refractivity contribution in [1.29, 1.82) is 5.26 Å². The highest BCUT2D eigenvalue weighted by Gasteiger charge is 2.40. The van der Waals surface area contributed by atoms with Crippen molar-refractivity contribution in [3.05, 3.63) is 46.5 Å². The van der Waals surface area contributed by atoms with Gasteiger partial charge in [0, 0.05) is 18.9 Å². The summed E-state index contributed by atoms with van der Waals surface area (Å²) in [6.07, 6.45) is -3.77. The predicted molar refractivity (Wildman–Crippen MR) is 96.8 cm³/mol. The number of anilines is 1. The fraction of sp³-hybridized carbons (Fsp3) is 0.294. The molecular weight excluding hydrogens is 438 g/mol. The Bertz CT molecular complexity index is 1100. The van der Waals surface area contributed by atoms with Crippen molar-refractivity contribution in [2.75, 3.05) is 11.1 Å². The minimum absolute atomic E-state index is 0.0420. The summed E-state index contributed by atoms with van der Waals surface area (Å²) in [5.74, 6) is -5.05. The number of hydrogen-bond donors (Lipinski definition) is 1. The van der Waals surface area contributed by atoms with Crippen LogP contribution in [0.2, 0.25) is 5.02 Å². The van der Waals surface area contributed by atoms with E-state index in [9.17, 15) is 30.8 Å². The molecule has 1 aromatic heterocycles. The van der Waals surface area contributed by atoms with E-state index in [0.29, 0.717) is 0 Å². The highest BCUT2D eigenvalue weighted by atomic mass is 35.5. The number of amides is 1. The van der Waals surface area contributed by atoms with Gasteiger partial charge in [0.1, 0.15) is 22.5 Å². The number of nitrogens with zero attached hydrogens (tertiary/aromatic N) is 2. The van der Waals surface area contributed by atoms with Gasteiger partial charge in [-0.15, -0.1) is 0 Å². The molecule has 1 atom stereocenters. The summed E-state index contributed by atoms with van der Waals surface area (Å²) < 4.78 is 77.3. The third-order valence-electron chi connectivity index (χ3n) is 4.01. The van der Waals surface area contributed by atoms with E-state index in [1.807, 2.05) is 0 Å². The van der Waals surface area contributed by atoms with Gasteiger partial charge in [0.15, 0.2) is 9.84 Å². The number of sulfone groups is 1. The zero-order chi connectivity index (χ0) is 22.1. The minimum Gasteiger partial charge on any atom is -0.344 e. The Balaban J connectivity index is 2.36. The summed E-state index contributed by atoms with van der Waals surface area (Å²) in [7, 11) is -3.15. The monoisotopic (exact) mass is 451 g/mol. The quantitative estimate of drug-likeness (QED) is 0.697. The van der Waals surface area contributed by atoms with E-state index in [1.165, 1.54) is 13.1 Å². The lowest BCUT2D eigenvalue weighted by atomic mass is 10.2. The van der Waals surface area contributed by atoms with E-state index in [1.54, 1.807) is 6.07 Å². The lowest BCUT2D eigenvalue weighted by Crippen LogP contribution is -2.27. The molecule has 0 fully saturated rings. The van der Waals surface area contributed by atoms with Crippen LogP contribution >= 0.6 is 11.6 Å². The summed E-state index contributed by atoms with van der Waals surface area (Å²) >= 11 is 6.00. The van der Waals surface area contributed by atoms with Crippen molar-refractivity contribution in [3.63, 3.8) is 0 Å². The molecule has 0 aliphatic heterocycles. The van der Waals surface area contributed by atoms with E-state index in [4.69, 9.17) is 16.9 Å². The van der Waals surface area contributed by atoms with Crippen LogP contribution in [0.1, 0.15) is 23.0 Å². The van der Waals surface area contributed by atoms with Gasteiger partial charge in [0.25, 0.3) is 5.91 Å². The first-order valence-electron chi connectivity index (χ1n) is 7.93. The molecule has 1 heterocycles. The number of hydrogen-bond acceptors (Lipinski definition) is 4. The number of nitrogens with one attached hydrogen (secondary N) is 1. The standard InChI is InChI=1S/C17H14ClF4N3O3S/c1-9(17(20,21)22)8-29(27,28)13-7-25(2)15(14(13)18)16(26)24-11-3-4-12(19)10(5-11)6-23/h3-5,7,9H,8H2,1-2H3,(H,24,26)/t9-/m1/s1. The van der Waals surface area contributed by atoms with Crippen molar-refractivity contribution < 1.29 is 30.8 Å². The molecule has 1 aromatic carbocycles. The Hall–Kier alpha value is -2.58. The number of alkyl halides is 3. The maximum Gasteiger partial charge on any atom is 0.392 e. The molecule has 0 aliphatic rings. The predicted octanol–water partition coefficient (Wildman–Crippen LogP) is 3.91. The molecule has 0 bridgehead atoms. The van der Waals surface area contributed by atoms with Crippen LogP contribution in [0.25, 0.3) is 0 Å². The second kappa shape index (κ2) is 8.04. The van der Waals surface area contributed by atoms with Crippen molar-refractivity contribution in [2.24, 2.45) is 13.0 Å². The number of nitriles is 1. The topological polar surface area (TPSA) is 92.0 Å². The first-order chi connectivity index (χ1) is 13.3. The minimum atomic E-state index is -4.71. The average molecular weight is 452 g/mol. The molecule has 0 unspecified atom stereocenters. The largest absolute Gasteiger partial charge is 0.392 e. The van der Waals surface area contributed by atoms with Gasteiger partial charge in [-0.1, -0.05) is 18.5 Å². The van der Waals surface area contributed by atoms with Gasteiger partial charge in [-0.25, -0.2) is 12.8 Å². The molecule has 29 heavy (non-hydrogen) atoms. The fourth-order valence-corrected chi connectivity index (χ4v) is 4.77. The molecule has 0 spiro atoms. The van der Waals surface area contributed by atoms with Crippen LogP contribution in [0.3, 0.4) is 0 Å².